The summed E-state index contributed by atoms with van der Waals surface area (Å²) in [7, 11) is 2.06. The van der Waals surface area contributed by atoms with E-state index in [-0.39, 0.29) is 0 Å². The van der Waals surface area contributed by atoms with Crippen LogP contribution in [0.1, 0.15) is 50.1 Å². The molecule has 2 rings (SSSR count). The number of hydrogen-bond donors (Lipinski definition) is 1. The highest BCUT2D eigenvalue weighted by Gasteiger charge is 2.23. The number of rotatable bonds is 3. The SMILES string of the molecule is CNC(c1ccoc1)C1CCCCCC1. The van der Waals surface area contributed by atoms with E-state index in [4.69, 9.17) is 4.42 Å². The maximum atomic E-state index is 5.18. The van der Waals surface area contributed by atoms with Crippen molar-refractivity contribution < 1.29 is 4.42 Å². The highest BCUT2D eigenvalue weighted by molar-refractivity contribution is 5.12. The number of nitrogens with one attached hydrogen (secondary N) is 1. The third-order valence-corrected chi connectivity index (χ3v) is 3.58. The van der Waals surface area contributed by atoms with Crippen LogP contribution in [0.5, 0.6) is 0 Å². The number of hydrogen-bond acceptors (Lipinski definition) is 2. The zero-order valence-corrected chi connectivity index (χ0v) is 9.54. The Labute approximate surface area is 92.1 Å². The van der Waals surface area contributed by atoms with Gasteiger partial charge in [0.15, 0.2) is 0 Å². The first-order valence-corrected chi connectivity index (χ1v) is 6.11. The molecule has 0 bridgehead atoms. The predicted octanol–water partition coefficient (Wildman–Crippen LogP) is 3.51. The highest BCUT2D eigenvalue weighted by atomic mass is 16.3. The molecule has 1 aliphatic rings. The van der Waals surface area contributed by atoms with Crippen molar-refractivity contribution in [2.75, 3.05) is 7.05 Å². The summed E-state index contributed by atoms with van der Waals surface area (Å²) < 4.78 is 5.18. The molecule has 1 saturated carbocycles. The third kappa shape index (κ3) is 2.63. The van der Waals surface area contributed by atoms with Crippen molar-refractivity contribution in [3.63, 3.8) is 0 Å². The maximum absolute atomic E-state index is 5.18. The van der Waals surface area contributed by atoms with Gasteiger partial charge >= 0.3 is 0 Å². The lowest BCUT2D eigenvalue weighted by molar-refractivity contribution is 0.339. The molecule has 0 aliphatic heterocycles. The molecule has 1 heterocycles. The Morgan fingerprint density at radius 1 is 1.27 bits per heavy atom. The van der Waals surface area contributed by atoms with Gasteiger partial charge in [-0.3, -0.25) is 0 Å². The standard InChI is InChI=1S/C13H21NO/c1-14-13(12-8-9-15-10-12)11-6-4-2-3-5-7-11/h8-11,13-14H,2-7H2,1H3. The van der Waals surface area contributed by atoms with Gasteiger partial charge in [0.25, 0.3) is 0 Å². The fourth-order valence-electron chi connectivity index (χ4n) is 2.77. The Kier molecular flexibility index (Phi) is 3.84. The monoisotopic (exact) mass is 207 g/mol. The van der Waals surface area contributed by atoms with Gasteiger partial charge in [-0.15, -0.1) is 0 Å². The Balaban J connectivity index is 2.04. The van der Waals surface area contributed by atoms with Crippen molar-refractivity contribution in [1.82, 2.24) is 5.32 Å². The van der Waals surface area contributed by atoms with Crippen LogP contribution >= 0.6 is 0 Å². The van der Waals surface area contributed by atoms with Crippen molar-refractivity contribution in [3.8, 4) is 0 Å². The molecule has 0 aromatic carbocycles. The van der Waals surface area contributed by atoms with Crippen LogP contribution in [0.2, 0.25) is 0 Å². The lowest BCUT2D eigenvalue weighted by Crippen LogP contribution is -2.24. The van der Waals surface area contributed by atoms with E-state index in [1.165, 1.54) is 44.1 Å². The molecular formula is C13H21NO. The van der Waals surface area contributed by atoms with Crippen molar-refractivity contribution >= 4 is 0 Å². The average Bonchev–Trinajstić information content (AvgIpc) is 2.63. The van der Waals surface area contributed by atoms with Crippen LogP contribution < -0.4 is 5.32 Å². The quantitative estimate of drug-likeness (QED) is 0.767. The Morgan fingerprint density at radius 2 is 2.00 bits per heavy atom. The molecule has 2 nitrogen and oxygen atoms in total. The molecular weight excluding hydrogens is 186 g/mol. The average molecular weight is 207 g/mol. The summed E-state index contributed by atoms with van der Waals surface area (Å²) in [6.45, 7) is 0. The third-order valence-electron chi connectivity index (χ3n) is 3.58. The predicted molar refractivity (Wildman–Crippen MR) is 61.7 cm³/mol. The second kappa shape index (κ2) is 5.36. The van der Waals surface area contributed by atoms with Crippen LogP contribution in [0, 0.1) is 5.92 Å². The molecule has 1 fully saturated rings. The van der Waals surface area contributed by atoms with Gasteiger partial charge < -0.3 is 9.73 Å². The van der Waals surface area contributed by atoms with E-state index in [0.29, 0.717) is 6.04 Å². The van der Waals surface area contributed by atoms with Gasteiger partial charge in [-0.05, 0) is 31.9 Å². The van der Waals surface area contributed by atoms with E-state index >= 15 is 0 Å². The minimum atomic E-state index is 0.488. The molecule has 15 heavy (non-hydrogen) atoms. The summed E-state index contributed by atoms with van der Waals surface area (Å²) in [5.41, 5.74) is 1.31. The molecule has 0 amide bonds. The van der Waals surface area contributed by atoms with Gasteiger partial charge in [-0.25, -0.2) is 0 Å². The van der Waals surface area contributed by atoms with Gasteiger partial charge in [0.1, 0.15) is 0 Å². The van der Waals surface area contributed by atoms with Crippen molar-refractivity contribution in [3.05, 3.63) is 24.2 Å². The first-order valence-electron chi connectivity index (χ1n) is 6.11. The molecule has 0 spiro atoms. The summed E-state index contributed by atoms with van der Waals surface area (Å²) >= 11 is 0. The van der Waals surface area contributed by atoms with Crippen molar-refractivity contribution in [2.45, 2.75) is 44.6 Å². The van der Waals surface area contributed by atoms with Crippen LogP contribution in [0.25, 0.3) is 0 Å². The van der Waals surface area contributed by atoms with E-state index in [2.05, 4.69) is 18.4 Å². The van der Waals surface area contributed by atoms with E-state index in [1.54, 1.807) is 6.26 Å². The molecule has 84 valence electrons. The molecule has 1 unspecified atom stereocenters. The molecule has 1 aromatic rings. The summed E-state index contributed by atoms with van der Waals surface area (Å²) in [6, 6.07) is 2.58. The largest absolute Gasteiger partial charge is 0.472 e. The summed E-state index contributed by atoms with van der Waals surface area (Å²) in [5, 5.41) is 3.44. The second-order valence-corrected chi connectivity index (χ2v) is 4.57. The van der Waals surface area contributed by atoms with Crippen LogP contribution in [-0.2, 0) is 0 Å². The Morgan fingerprint density at radius 3 is 2.53 bits per heavy atom. The second-order valence-electron chi connectivity index (χ2n) is 4.57. The fourth-order valence-corrected chi connectivity index (χ4v) is 2.77. The van der Waals surface area contributed by atoms with Gasteiger partial charge in [-0.1, -0.05) is 25.7 Å². The van der Waals surface area contributed by atoms with Gasteiger partial charge in [0.05, 0.1) is 12.5 Å². The molecule has 2 heteroatoms. The molecule has 1 atom stereocenters. The normalized spacial score (nSPS) is 21.1. The Hall–Kier alpha value is -0.760. The maximum Gasteiger partial charge on any atom is 0.0950 e. The van der Waals surface area contributed by atoms with Crippen molar-refractivity contribution in [1.29, 1.82) is 0 Å². The van der Waals surface area contributed by atoms with Crippen LogP contribution in [0.15, 0.2) is 23.0 Å². The smallest absolute Gasteiger partial charge is 0.0950 e. The zero-order valence-electron chi connectivity index (χ0n) is 9.54. The van der Waals surface area contributed by atoms with E-state index in [1.807, 2.05) is 6.26 Å². The van der Waals surface area contributed by atoms with Gasteiger partial charge in [-0.2, -0.15) is 0 Å². The fraction of sp³-hybridized carbons (Fsp3) is 0.692. The minimum absolute atomic E-state index is 0.488. The molecule has 1 N–H and O–H groups in total. The number of furan rings is 1. The lowest BCUT2D eigenvalue weighted by Gasteiger charge is -2.24. The van der Waals surface area contributed by atoms with Gasteiger partial charge in [0, 0.05) is 11.6 Å². The first kappa shape index (κ1) is 10.7. The molecule has 1 aromatic heterocycles. The van der Waals surface area contributed by atoms with Crippen molar-refractivity contribution in [2.24, 2.45) is 5.92 Å². The molecule has 0 radical (unpaired) electrons. The molecule has 1 aliphatic carbocycles. The van der Waals surface area contributed by atoms with E-state index in [0.717, 1.165) is 5.92 Å². The Bertz CT molecular complexity index is 260. The highest BCUT2D eigenvalue weighted by Crippen LogP contribution is 2.33. The first-order chi connectivity index (χ1) is 7.42. The summed E-state index contributed by atoms with van der Waals surface area (Å²) in [4.78, 5) is 0. The van der Waals surface area contributed by atoms with Crippen LogP contribution in [0.3, 0.4) is 0 Å². The minimum Gasteiger partial charge on any atom is -0.472 e. The van der Waals surface area contributed by atoms with Crippen LogP contribution in [0.4, 0.5) is 0 Å². The van der Waals surface area contributed by atoms with E-state index in [9.17, 15) is 0 Å². The molecule has 0 saturated heterocycles. The summed E-state index contributed by atoms with van der Waals surface area (Å²) in [6.07, 6.45) is 12.0. The van der Waals surface area contributed by atoms with Crippen LogP contribution in [-0.4, -0.2) is 7.05 Å². The topological polar surface area (TPSA) is 25.2 Å². The zero-order chi connectivity index (χ0) is 10.5. The lowest BCUT2D eigenvalue weighted by atomic mass is 9.88. The summed E-state index contributed by atoms with van der Waals surface area (Å²) in [5.74, 6) is 0.787. The van der Waals surface area contributed by atoms with E-state index < -0.39 is 0 Å². The van der Waals surface area contributed by atoms with Gasteiger partial charge in [0.2, 0.25) is 0 Å².